The Morgan fingerprint density at radius 2 is 1.81 bits per heavy atom. The maximum absolute atomic E-state index is 12.6. The third-order valence-electron chi connectivity index (χ3n) is 4.91. The summed E-state index contributed by atoms with van der Waals surface area (Å²) in [6.07, 6.45) is 1.12. The van der Waals surface area contributed by atoms with Crippen molar-refractivity contribution in [2.75, 3.05) is 11.6 Å². The van der Waals surface area contributed by atoms with Gasteiger partial charge in [0, 0.05) is 28.5 Å². The van der Waals surface area contributed by atoms with Crippen LogP contribution in [0.25, 0.3) is 17.0 Å². The quantitative estimate of drug-likeness (QED) is 0.460. The van der Waals surface area contributed by atoms with Crippen LogP contribution in [-0.4, -0.2) is 40.4 Å². The van der Waals surface area contributed by atoms with E-state index in [9.17, 15) is 13.2 Å². The second kappa shape index (κ2) is 7.75. The minimum Gasteiger partial charge on any atom is -0.322 e. The molecule has 0 saturated carbocycles. The molecule has 0 aliphatic rings. The van der Waals surface area contributed by atoms with E-state index in [1.807, 2.05) is 26.8 Å². The molecule has 0 spiro atoms. The fraction of sp³-hybridized carbons (Fsp3) is 0.227. The van der Waals surface area contributed by atoms with Crippen LogP contribution in [-0.2, 0) is 15.3 Å². The molecule has 0 fully saturated rings. The number of halogens is 1. The predicted octanol–water partition coefficient (Wildman–Crippen LogP) is 4.33. The number of carbonyl (C=O) groups excluding carboxylic acids is 1. The zero-order valence-corrected chi connectivity index (χ0v) is 19.5. The smallest absolute Gasteiger partial charge is 0.255 e. The number of amides is 1. The van der Waals surface area contributed by atoms with Crippen LogP contribution >= 0.6 is 11.6 Å². The highest BCUT2D eigenvalue weighted by atomic mass is 35.5. The number of aromatic amines is 1. The van der Waals surface area contributed by atoms with E-state index in [1.54, 1.807) is 22.8 Å². The summed E-state index contributed by atoms with van der Waals surface area (Å²) in [6.45, 7) is 6.14. The van der Waals surface area contributed by atoms with Crippen molar-refractivity contribution in [1.82, 2.24) is 19.8 Å². The second-order valence-electron chi connectivity index (χ2n) is 8.55. The first-order chi connectivity index (χ1) is 14.9. The first-order valence-electron chi connectivity index (χ1n) is 9.80. The van der Waals surface area contributed by atoms with Gasteiger partial charge in [0.1, 0.15) is 5.02 Å². The van der Waals surface area contributed by atoms with E-state index in [0.717, 1.165) is 11.9 Å². The molecule has 0 bridgehead atoms. The van der Waals surface area contributed by atoms with E-state index in [4.69, 9.17) is 11.6 Å². The number of hydrogen-bond acceptors (Lipinski definition) is 5. The van der Waals surface area contributed by atoms with Gasteiger partial charge in [0.2, 0.25) is 0 Å². The standard InChI is InChI=1S/C22H22ClN5O3S/c1-22(2,3)18-17(23)20-25-19(27-28(20)26-18)14-6-5-7-15(12-14)24-21(29)13-8-10-16(11-9-13)32(4,30)31/h5-12,26H,1-4H3,(H,24,29). The lowest BCUT2D eigenvalue weighted by Crippen LogP contribution is -2.13. The number of anilines is 1. The molecule has 4 rings (SSSR count). The van der Waals surface area contributed by atoms with E-state index in [-0.39, 0.29) is 16.2 Å². The summed E-state index contributed by atoms with van der Waals surface area (Å²) in [7, 11) is -3.32. The van der Waals surface area contributed by atoms with Gasteiger partial charge in [0.05, 0.1) is 10.6 Å². The zero-order valence-electron chi connectivity index (χ0n) is 18.0. The summed E-state index contributed by atoms with van der Waals surface area (Å²) in [5.41, 5.74) is 2.82. The zero-order chi connectivity index (χ0) is 23.3. The number of sulfone groups is 1. The molecule has 0 atom stereocenters. The molecule has 8 nitrogen and oxygen atoms in total. The molecule has 10 heteroatoms. The molecule has 166 valence electrons. The van der Waals surface area contributed by atoms with Crippen LogP contribution in [0, 0.1) is 0 Å². The monoisotopic (exact) mass is 471 g/mol. The first-order valence-corrected chi connectivity index (χ1v) is 12.1. The second-order valence-corrected chi connectivity index (χ2v) is 10.9. The average molecular weight is 472 g/mol. The summed E-state index contributed by atoms with van der Waals surface area (Å²) in [5.74, 6) is 0.108. The Kier molecular flexibility index (Phi) is 5.34. The van der Waals surface area contributed by atoms with Crippen molar-refractivity contribution in [2.45, 2.75) is 31.1 Å². The number of benzene rings is 2. The lowest BCUT2D eigenvalue weighted by molar-refractivity contribution is 0.102. The highest BCUT2D eigenvalue weighted by Crippen LogP contribution is 2.32. The van der Waals surface area contributed by atoms with Gasteiger partial charge in [-0.05, 0) is 36.4 Å². The van der Waals surface area contributed by atoms with E-state index < -0.39 is 9.84 Å². The van der Waals surface area contributed by atoms with Crippen LogP contribution in [0.4, 0.5) is 5.69 Å². The van der Waals surface area contributed by atoms with Gasteiger partial charge in [-0.15, -0.1) is 5.10 Å². The molecule has 32 heavy (non-hydrogen) atoms. The van der Waals surface area contributed by atoms with Crippen LogP contribution in [0.1, 0.15) is 36.8 Å². The molecule has 0 aliphatic carbocycles. The maximum Gasteiger partial charge on any atom is 0.255 e. The molecule has 0 saturated heterocycles. The summed E-state index contributed by atoms with van der Waals surface area (Å²) in [4.78, 5) is 17.3. The number of fused-ring (bicyclic) bond motifs is 1. The van der Waals surface area contributed by atoms with Gasteiger partial charge >= 0.3 is 0 Å². The topological polar surface area (TPSA) is 109 Å². The Bertz CT molecular complexity index is 1430. The van der Waals surface area contributed by atoms with Crippen molar-refractivity contribution in [3.63, 3.8) is 0 Å². The molecule has 2 N–H and O–H groups in total. The number of hydrogen-bond donors (Lipinski definition) is 2. The van der Waals surface area contributed by atoms with Crippen molar-refractivity contribution in [2.24, 2.45) is 0 Å². The average Bonchev–Trinajstić information content (AvgIpc) is 3.27. The van der Waals surface area contributed by atoms with Crippen molar-refractivity contribution < 1.29 is 13.2 Å². The predicted molar refractivity (Wildman–Crippen MR) is 124 cm³/mol. The van der Waals surface area contributed by atoms with Gasteiger partial charge in [-0.25, -0.2) is 13.4 Å². The minimum atomic E-state index is -3.32. The fourth-order valence-electron chi connectivity index (χ4n) is 3.21. The normalized spacial score (nSPS) is 12.3. The first kappa shape index (κ1) is 22.0. The minimum absolute atomic E-state index is 0.158. The van der Waals surface area contributed by atoms with Gasteiger partial charge < -0.3 is 5.32 Å². The molecule has 0 unspecified atom stereocenters. The maximum atomic E-state index is 12.6. The Morgan fingerprint density at radius 1 is 1.12 bits per heavy atom. The summed E-state index contributed by atoms with van der Waals surface area (Å²) < 4.78 is 24.7. The lowest BCUT2D eigenvalue weighted by Gasteiger charge is -2.16. The molecule has 4 aromatic rings. The summed E-state index contributed by atoms with van der Waals surface area (Å²) >= 11 is 6.50. The fourth-order valence-corrected chi connectivity index (χ4v) is 4.29. The molecule has 0 radical (unpaired) electrons. The Labute approximate surface area is 190 Å². The lowest BCUT2D eigenvalue weighted by atomic mass is 9.92. The molecular formula is C22H22ClN5O3S. The molecule has 2 aromatic heterocycles. The van der Waals surface area contributed by atoms with Crippen LogP contribution in [0.3, 0.4) is 0 Å². The van der Waals surface area contributed by atoms with Gasteiger partial charge in [0.25, 0.3) is 5.91 Å². The molecule has 0 aliphatic heterocycles. The van der Waals surface area contributed by atoms with Crippen LogP contribution < -0.4 is 5.32 Å². The Morgan fingerprint density at radius 3 is 2.41 bits per heavy atom. The number of nitrogens with zero attached hydrogens (tertiary/aromatic N) is 3. The van der Waals surface area contributed by atoms with Gasteiger partial charge in [-0.1, -0.05) is 44.5 Å². The van der Waals surface area contributed by atoms with E-state index in [2.05, 4.69) is 20.5 Å². The van der Waals surface area contributed by atoms with Gasteiger partial charge in [-0.2, -0.15) is 4.63 Å². The molecule has 2 aromatic carbocycles. The number of nitrogens with one attached hydrogen (secondary N) is 2. The molecule has 1 amide bonds. The molecular weight excluding hydrogens is 450 g/mol. The van der Waals surface area contributed by atoms with Crippen molar-refractivity contribution >= 4 is 38.7 Å². The third-order valence-corrected chi connectivity index (χ3v) is 6.40. The van der Waals surface area contributed by atoms with Crippen LogP contribution in [0.5, 0.6) is 0 Å². The third kappa shape index (κ3) is 4.26. The van der Waals surface area contributed by atoms with Crippen LogP contribution in [0.15, 0.2) is 53.4 Å². The summed E-state index contributed by atoms with van der Waals surface area (Å²) in [6, 6.07) is 12.9. The number of rotatable bonds is 4. The Hall–Kier alpha value is -3.17. The Balaban J connectivity index is 1.58. The van der Waals surface area contributed by atoms with Crippen molar-refractivity contribution in [3.8, 4) is 11.4 Å². The number of carbonyl (C=O) groups is 1. The highest BCUT2D eigenvalue weighted by Gasteiger charge is 2.24. The number of H-pyrrole nitrogens is 1. The van der Waals surface area contributed by atoms with Gasteiger partial charge in [0.15, 0.2) is 21.3 Å². The molecule has 2 heterocycles. The van der Waals surface area contributed by atoms with Crippen molar-refractivity contribution in [1.29, 1.82) is 0 Å². The highest BCUT2D eigenvalue weighted by molar-refractivity contribution is 7.90. The van der Waals surface area contributed by atoms with E-state index in [1.165, 1.54) is 24.3 Å². The summed E-state index contributed by atoms with van der Waals surface area (Å²) in [5, 5.41) is 11.0. The number of aromatic nitrogens is 4. The largest absolute Gasteiger partial charge is 0.322 e. The van der Waals surface area contributed by atoms with Crippen molar-refractivity contribution in [3.05, 3.63) is 64.8 Å². The van der Waals surface area contributed by atoms with Crippen LogP contribution in [0.2, 0.25) is 5.02 Å². The van der Waals surface area contributed by atoms with E-state index >= 15 is 0 Å². The van der Waals surface area contributed by atoms with Gasteiger partial charge in [-0.3, -0.25) is 9.89 Å². The SMILES string of the molecule is CC(C)(C)c1[nH]n2nc(-c3cccc(NC(=O)c4ccc(S(C)(=O)=O)cc4)c3)nc2c1Cl. The van der Waals surface area contributed by atoms with E-state index in [0.29, 0.717) is 33.3 Å².